The Balaban J connectivity index is 2.29. The number of halogens is 2. The van der Waals surface area contributed by atoms with E-state index in [0.29, 0.717) is 5.15 Å². The highest BCUT2D eigenvalue weighted by Crippen LogP contribution is 2.39. The molecule has 0 N–H and O–H groups in total. The van der Waals surface area contributed by atoms with Gasteiger partial charge in [0, 0.05) is 4.88 Å². The van der Waals surface area contributed by atoms with Gasteiger partial charge < -0.3 is 0 Å². The standard InChI is InChI=1S/C11H10Cl2N2S/c1-5-2-3-6-7(4-5)16-10-8(6)9(12)14-11(13)15-10/h5H,2-4H2,1H3. The van der Waals surface area contributed by atoms with Gasteiger partial charge >= 0.3 is 0 Å². The summed E-state index contributed by atoms with van der Waals surface area (Å²) in [6, 6.07) is 0. The van der Waals surface area contributed by atoms with Gasteiger partial charge in [-0.1, -0.05) is 18.5 Å². The van der Waals surface area contributed by atoms with Gasteiger partial charge in [-0.05, 0) is 42.3 Å². The van der Waals surface area contributed by atoms with Crippen molar-refractivity contribution in [3.05, 3.63) is 20.9 Å². The van der Waals surface area contributed by atoms with Crippen molar-refractivity contribution in [3.8, 4) is 0 Å². The van der Waals surface area contributed by atoms with E-state index < -0.39 is 0 Å². The van der Waals surface area contributed by atoms with Gasteiger partial charge in [-0.25, -0.2) is 9.97 Å². The van der Waals surface area contributed by atoms with E-state index >= 15 is 0 Å². The van der Waals surface area contributed by atoms with Crippen LogP contribution in [0.2, 0.25) is 10.4 Å². The topological polar surface area (TPSA) is 25.8 Å². The Hall–Kier alpha value is -0.380. The summed E-state index contributed by atoms with van der Waals surface area (Å²) in [4.78, 5) is 10.6. The van der Waals surface area contributed by atoms with E-state index in [-0.39, 0.29) is 5.28 Å². The van der Waals surface area contributed by atoms with Crippen LogP contribution in [-0.4, -0.2) is 9.97 Å². The summed E-state index contributed by atoms with van der Waals surface area (Å²) in [5.41, 5.74) is 1.35. The number of aryl methyl sites for hydroxylation is 1. The zero-order valence-electron chi connectivity index (χ0n) is 8.76. The second-order valence-corrected chi connectivity index (χ2v) is 6.10. The monoisotopic (exact) mass is 272 g/mol. The first-order valence-corrected chi connectivity index (χ1v) is 6.85. The lowest BCUT2D eigenvalue weighted by atomic mass is 9.89. The van der Waals surface area contributed by atoms with Gasteiger partial charge in [0.15, 0.2) is 0 Å². The molecule has 1 unspecified atom stereocenters. The molecule has 5 heteroatoms. The smallest absolute Gasteiger partial charge is 0.207 e. The molecule has 2 aromatic heterocycles. The third-order valence-corrected chi connectivity index (χ3v) is 4.67. The fraction of sp³-hybridized carbons (Fsp3) is 0.455. The zero-order valence-corrected chi connectivity index (χ0v) is 11.1. The largest absolute Gasteiger partial charge is 0.225 e. The van der Waals surface area contributed by atoms with Crippen LogP contribution in [0.3, 0.4) is 0 Å². The number of aromatic nitrogens is 2. The Bertz CT molecular complexity index is 565. The van der Waals surface area contributed by atoms with Crippen LogP contribution in [0, 0.1) is 5.92 Å². The lowest BCUT2D eigenvalue weighted by Gasteiger charge is -2.17. The van der Waals surface area contributed by atoms with E-state index in [2.05, 4.69) is 16.9 Å². The molecule has 3 rings (SSSR count). The molecule has 1 atom stereocenters. The highest BCUT2D eigenvalue weighted by molar-refractivity contribution is 7.19. The quantitative estimate of drug-likeness (QED) is 0.533. The van der Waals surface area contributed by atoms with Crippen molar-refractivity contribution in [2.45, 2.75) is 26.2 Å². The van der Waals surface area contributed by atoms with Crippen molar-refractivity contribution >= 4 is 44.8 Å². The van der Waals surface area contributed by atoms with Crippen molar-refractivity contribution < 1.29 is 0 Å². The second-order valence-electron chi connectivity index (χ2n) is 4.32. The molecule has 0 bridgehead atoms. The number of thiophene rings is 1. The molecule has 0 fully saturated rings. The molecule has 0 spiro atoms. The first kappa shape index (κ1) is 10.8. The van der Waals surface area contributed by atoms with Gasteiger partial charge in [0.2, 0.25) is 5.28 Å². The normalized spacial score (nSPS) is 20.1. The summed E-state index contributed by atoms with van der Waals surface area (Å²) in [5, 5.41) is 1.77. The number of nitrogens with zero attached hydrogens (tertiary/aromatic N) is 2. The summed E-state index contributed by atoms with van der Waals surface area (Å²) in [6.45, 7) is 2.29. The molecule has 0 saturated heterocycles. The van der Waals surface area contributed by atoms with E-state index in [4.69, 9.17) is 23.2 Å². The Kier molecular flexibility index (Phi) is 2.57. The van der Waals surface area contributed by atoms with Crippen molar-refractivity contribution in [1.29, 1.82) is 0 Å². The molecule has 16 heavy (non-hydrogen) atoms. The van der Waals surface area contributed by atoms with Crippen LogP contribution in [0.5, 0.6) is 0 Å². The number of rotatable bonds is 0. The second kappa shape index (κ2) is 3.83. The van der Waals surface area contributed by atoms with Gasteiger partial charge in [-0.15, -0.1) is 11.3 Å². The summed E-state index contributed by atoms with van der Waals surface area (Å²) in [6.07, 6.45) is 3.43. The highest BCUT2D eigenvalue weighted by Gasteiger charge is 2.23. The maximum absolute atomic E-state index is 6.15. The Morgan fingerprint density at radius 2 is 2.12 bits per heavy atom. The van der Waals surface area contributed by atoms with Crippen LogP contribution in [-0.2, 0) is 12.8 Å². The molecular weight excluding hydrogens is 263 g/mol. The van der Waals surface area contributed by atoms with Crippen molar-refractivity contribution in [3.63, 3.8) is 0 Å². The Labute approximate surface area is 108 Å². The van der Waals surface area contributed by atoms with Crippen LogP contribution in [0.25, 0.3) is 10.2 Å². The molecule has 2 aromatic rings. The summed E-state index contributed by atoms with van der Waals surface area (Å²) < 4.78 is 0. The predicted octanol–water partition coefficient (Wildman–Crippen LogP) is 4.12. The third kappa shape index (κ3) is 1.62. The molecule has 1 aliphatic carbocycles. The Morgan fingerprint density at radius 1 is 1.31 bits per heavy atom. The number of hydrogen-bond donors (Lipinski definition) is 0. The van der Waals surface area contributed by atoms with Crippen molar-refractivity contribution in [1.82, 2.24) is 9.97 Å². The van der Waals surface area contributed by atoms with E-state index in [1.807, 2.05) is 0 Å². The average molecular weight is 273 g/mol. The van der Waals surface area contributed by atoms with Crippen LogP contribution in [0.1, 0.15) is 23.8 Å². The van der Waals surface area contributed by atoms with Crippen LogP contribution in [0.15, 0.2) is 0 Å². The molecule has 0 amide bonds. The molecular formula is C11H10Cl2N2S. The minimum atomic E-state index is 0.240. The van der Waals surface area contributed by atoms with Crippen LogP contribution < -0.4 is 0 Å². The van der Waals surface area contributed by atoms with E-state index in [0.717, 1.165) is 29.0 Å². The molecule has 2 heterocycles. The predicted molar refractivity (Wildman–Crippen MR) is 68.6 cm³/mol. The molecule has 0 aliphatic heterocycles. The first-order chi connectivity index (χ1) is 7.65. The van der Waals surface area contributed by atoms with Gasteiger partial charge in [0.1, 0.15) is 9.98 Å². The van der Waals surface area contributed by atoms with E-state index in [1.165, 1.54) is 16.9 Å². The highest BCUT2D eigenvalue weighted by atomic mass is 35.5. The fourth-order valence-corrected chi connectivity index (χ4v) is 4.26. The lowest BCUT2D eigenvalue weighted by Crippen LogP contribution is -2.08. The molecule has 84 valence electrons. The number of hydrogen-bond acceptors (Lipinski definition) is 3. The van der Waals surface area contributed by atoms with Crippen LogP contribution in [0.4, 0.5) is 0 Å². The SMILES string of the molecule is CC1CCc2c(sc3nc(Cl)nc(Cl)c23)C1. The van der Waals surface area contributed by atoms with Crippen molar-refractivity contribution in [2.75, 3.05) is 0 Å². The maximum Gasteiger partial charge on any atom is 0.225 e. The van der Waals surface area contributed by atoms with Gasteiger partial charge in [0.05, 0.1) is 5.39 Å². The molecule has 0 aromatic carbocycles. The summed E-state index contributed by atoms with van der Waals surface area (Å²) in [5.74, 6) is 0.753. The molecule has 0 radical (unpaired) electrons. The van der Waals surface area contributed by atoms with E-state index in [9.17, 15) is 0 Å². The van der Waals surface area contributed by atoms with E-state index in [1.54, 1.807) is 11.3 Å². The summed E-state index contributed by atoms with van der Waals surface area (Å²) in [7, 11) is 0. The average Bonchev–Trinajstić information content (AvgIpc) is 2.54. The lowest BCUT2D eigenvalue weighted by molar-refractivity contribution is 0.509. The molecule has 2 nitrogen and oxygen atoms in total. The maximum atomic E-state index is 6.15. The minimum absolute atomic E-state index is 0.240. The minimum Gasteiger partial charge on any atom is -0.207 e. The van der Waals surface area contributed by atoms with Crippen molar-refractivity contribution in [2.24, 2.45) is 5.92 Å². The Morgan fingerprint density at radius 3 is 2.94 bits per heavy atom. The van der Waals surface area contributed by atoms with Gasteiger partial charge in [-0.3, -0.25) is 0 Å². The van der Waals surface area contributed by atoms with Crippen LogP contribution >= 0.6 is 34.5 Å². The van der Waals surface area contributed by atoms with Gasteiger partial charge in [-0.2, -0.15) is 0 Å². The summed E-state index contributed by atoms with van der Waals surface area (Å²) >= 11 is 13.7. The number of fused-ring (bicyclic) bond motifs is 3. The first-order valence-electron chi connectivity index (χ1n) is 5.28. The molecule has 1 aliphatic rings. The van der Waals surface area contributed by atoms with Gasteiger partial charge in [0.25, 0.3) is 0 Å². The zero-order chi connectivity index (χ0) is 11.3. The fourth-order valence-electron chi connectivity index (χ4n) is 2.27. The third-order valence-electron chi connectivity index (χ3n) is 3.08. The molecule has 0 saturated carbocycles.